The molecule has 0 bridgehead atoms. The minimum absolute atomic E-state index is 0.214. The van der Waals surface area contributed by atoms with Crippen LogP contribution in [0.15, 0.2) is 28.8 Å². The van der Waals surface area contributed by atoms with Crippen molar-refractivity contribution in [1.82, 2.24) is 10.1 Å². The third-order valence-corrected chi connectivity index (χ3v) is 2.92. The number of nitrogens with zero attached hydrogens (tertiary/aromatic N) is 2. The van der Waals surface area contributed by atoms with Crippen LogP contribution in [0.3, 0.4) is 0 Å². The fraction of sp³-hybridized carbons (Fsp3) is 0.429. The Bertz CT molecular complexity index is 527. The molecule has 1 atom stereocenters. The van der Waals surface area contributed by atoms with Crippen LogP contribution in [0.4, 0.5) is 4.39 Å². The number of rotatable bonds is 6. The molecule has 1 aromatic heterocycles. The number of hydrogen-bond donors (Lipinski definition) is 1. The second-order valence-corrected chi connectivity index (χ2v) is 4.60. The predicted octanol–water partition coefficient (Wildman–Crippen LogP) is 2.99. The SMILES string of the molecule is CCCC[C@H](N)c1nc(Cc2cccc(F)c2)no1. The number of benzene rings is 1. The molecule has 1 heterocycles. The van der Waals surface area contributed by atoms with Gasteiger partial charge in [0.2, 0.25) is 5.89 Å². The summed E-state index contributed by atoms with van der Waals surface area (Å²) in [6.45, 7) is 2.11. The Hall–Kier alpha value is -1.75. The van der Waals surface area contributed by atoms with Crippen LogP contribution < -0.4 is 5.73 Å². The maximum Gasteiger partial charge on any atom is 0.243 e. The van der Waals surface area contributed by atoms with E-state index in [2.05, 4.69) is 17.1 Å². The van der Waals surface area contributed by atoms with Crippen molar-refractivity contribution >= 4 is 0 Å². The summed E-state index contributed by atoms with van der Waals surface area (Å²) in [7, 11) is 0. The van der Waals surface area contributed by atoms with E-state index in [9.17, 15) is 4.39 Å². The van der Waals surface area contributed by atoms with Gasteiger partial charge < -0.3 is 10.3 Å². The molecule has 0 fully saturated rings. The maximum absolute atomic E-state index is 13.1. The van der Waals surface area contributed by atoms with Gasteiger partial charge in [-0.3, -0.25) is 0 Å². The van der Waals surface area contributed by atoms with Crippen LogP contribution in [0.25, 0.3) is 0 Å². The molecule has 19 heavy (non-hydrogen) atoms. The van der Waals surface area contributed by atoms with Crippen molar-refractivity contribution in [2.75, 3.05) is 0 Å². The fourth-order valence-electron chi connectivity index (χ4n) is 1.87. The van der Waals surface area contributed by atoms with Crippen LogP contribution in [0.1, 0.15) is 49.5 Å². The van der Waals surface area contributed by atoms with Gasteiger partial charge in [0.25, 0.3) is 0 Å². The van der Waals surface area contributed by atoms with E-state index < -0.39 is 0 Å². The van der Waals surface area contributed by atoms with E-state index in [4.69, 9.17) is 10.3 Å². The zero-order valence-corrected chi connectivity index (χ0v) is 11.0. The Morgan fingerprint density at radius 2 is 2.26 bits per heavy atom. The highest BCUT2D eigenvalue weighted by atomic mass is 19.1. The van der Waals surface area contributed by atoms with Gasteiger partial charge in [-0.05, 0) is 24.1 Å². The van der Waals surface area contributed by atoms with Gasteiger partial charge in [0.05, 0.1) is 6.04 Å². The van der Waals surface area contributed by atoms with Crippen LogP contribution in [0.2, 0.25) is 0 Å². The molecule has 2 rings (SSSR count). The lowest BCUT2D eigenvalue weighted by molar-refractivity contribution is 0.343. The summed E-state index contributed by atoms with van der Waals surface area (Å²) >= 11 is 0. The van der Waals surface area contributed by atoms with Crippen molar-refractivity contribution in [3.05, 3.63) is 47.4 Å². The first-order valence-corrected chi connectivity index (χ1v) is 6.51. The lowest BCUT2D eigenvalue weighted by atomic mass is 10.1. The Morgan fingerprint density at radius 3 is 3.00 bits per heavy atom. The smallest absolute Gasteiger partial charge is 0.243 e. The highest BCUT2D eigenvalue weighted by Crippen LogP contribution is 2.16. The molecule has 2 N–H and O–H groups in total. The molecular weight excluding hydrogens is 245 g/mol. The Labute approximate surface area is 111 Å². The molecule has 0 radical (unpaired) electrons. The quantitative estimate of drug-likeness (QED) is 0.870. The average molecular weight is 263 g/mol. The summed E-state index contributed by atoms with van der Waals surface area (Å²) in [5, 5.41) is 3.88. The van der Waals surface area contributed by atoms with E-state index in [0.717, 1.165) is 24.8 Å². The molecule has 5 heteroatoms. The summed E-state index contributed by atoms with van der Waals surface area (Å²) < 4.78 is 18.2. The summed E-state index contributed by atoms with van der Waals surface area (Å²) in [5.41, 5.74) is 6.77. The Morgan fingerprint density at radius 1 is 1.42 bits per heavy atom. The van der Waals surface area contributed by atoms with Gasteiger partial charge in [-0.1, -0.05) is 37.1 Å². The van der Waals surface area contributed by atoms with E-state index >= 15 is 0 Å². The first-order valence-electron chi connectivity index (χ1n) is 6.51. The molecule has 0 spiro atoms. The lowest BCUT2D eigenvalue weighted by Gasteiger charge is -2.03. The van der Waals surface area contributed by atoms with Crippen LogP contribution in [0, 0.1) is 5.82 Å². The maximum atomic E-state index is 13.1. The minimum Gasteiger partial charge on any atom is -0.338 e. The molecule has 102 valence electrons. The predicted molar refractivity (Wildman–Crippen MR) is 70.0 cm³/mol. The Kier molecular flexibility index (Phi) is 4.63. The van der Waals surface area contributed by atoms with Gasteiger partial charge >= 0.3 is 0 Å². The van der Waals surface area contributed by atoms with Crippen LogP contribution in [-0.4, -0.2) is 10.1 Å². The summed E-state index contributed by atoms with van der Waals surface area (Å²) in [6.07, 6.45) is 3.39. The molecule has 0 unspecified atom stereocenters. The molecule has 0 aliphatic rings. The topological polar surface area (TPSA) is 64.9 Å². The van der Waals surface area contributed by atoms with Crippen molar-refractivity contribution in [3.8, 4) is 0 Å². The minimum atomic E-state index is -0.263. The average Bonchev–Trinajstić information content (AvgIpc) is 2.84. The van der Waals surface area contributed by atoms with Crippen molar-refractivity contribution in [1.29, 1.82) is 0 Å². The number of nitrogens with two attached hydrogens (primary N) is 1. The first-order chi connectivity index (χ1) is 9.19. The van der Waals surface area contributed by atoms with Crippen molar-refractivity contribution in [2.24, 2.45) is 5.73 Å². The normalized spacial score (nSPS) is 12.6. The standard InChI is InChI=1S/C14H18FN3O/c1-2-3-7-12(16)14-17-13(18-19-14)9-10-5-4-6-11(15)8-10/h4-6,8,12H,2-3,7,9,16H2,1H3/t12-/m0/s1. The van der Waals surface area contributed by atoms with Crippen LogP contribution >= 0.6 is 0 Å². The van der Waals surface area contributed by atoms with E-state index in [1.807, 2.05) is 6.07 Å². The molecule has 0 amide bonds. The highest BCUT2D eigenvalue weighted by Gasteiger charge is 2.14. The molecule has 0 aliphatic heterocycles. The van der Waals surface area contributed by atoms with Gasteiger partial charge in [0.1, 0.15) is 5.82 Å². The molecule has 0 saturated heterocycles. The molecular formula is C14H18FN3O. The van der Waals surface area contributed by atoms with E-state index in [1.54, 1.807) is 6.07 Å². The summed E-state index contributed by atoms with van der Waals surface area (Å²) in [6, 6.07) is 6.15. The zero-order valence-electron chi connectivity index (χ0n) is 11.0. The summed E-state index contributed by atoms with van der Waals surface area (Å²) in [4.78, 5) is 4.26. The van der Waals surface area contributed by atoms with Crippen LogP contribution in [0.5, 0.6) is 0 Å². The monoisotopic (exact) mass is 263 g/mol. The second kappa shape index (κ2) is 6.43. The van der Waals surface area contributed by atoms with Crippen molar-refractivity contribution in [2.45, 2.75) is 38.6 Å². The van der Waals surface area contributed by atoms with Crippen molar-refractivity contribution < 1.29 is 8.91 Å². The van der Waals surface area contributed by atoms with Gasteiger partial charge in [0, 0.05) is 6.42 Å². The van der Waals surface area contributed by atoms with Gasteiger partial charge in [-0.2, -0.15) is 4.98 Å². The Balaban J connectivity index is 2.01. The van der Waals surface area contributed by atoms with Gasteiger partial charge in [-0.25, -0.2) is 4.39 Å². The van der Waals surface area contributed by atoms with Gasteiger partial charge in [-0.15, -0.1) is 0 Å². The number of unbranched alkanes of at least 4 members (excludes halogenated alkanes) is 1. The largest absolute Gasteiger partial charge is 0.338 e. The van der Waals surface area contributed by atoms with Gasteiger partial charge in [0.15, 0.2) is 5.82 Å². The zero-order chi connectivity index (χ0) is 13.7. The molecule has 2 aromatic rings. The van der Waals surface area contributed by atoms with E-state index in [1.165, 1.54) is 12.1 Å². The van der Waals surface area contributed by atoms with E-state index in [0.29, 0.717) is 18.1 Å². The summed E-state index contributed by atoms with van der Waals surface area (Å²) in [5.74, 6) is 0.730. The molecule has 0 saturated carbocycles. The lowest BCUT2D eigenvalue weighted by Crippen LogP contribution is -2.10. The number of hydrogen-bond acceptors (Lipinski definition) is 4. The molecule has 1 aromatic carbocycles. The third kappa shape index (κ3) is 3.86. The first kappa shape index (κ1) is 13.7. The molecule has 0 aliphatic carbocycles. The second-order valence-electron chi connectivity index (χ2n) is 4.60. The number of halogens is 1. The fourth-order valence-corrected chi connectivity index (χ4v) is 1.87. The van der Waals surface area contributed by atoms with E-state index in [-0.39, 0.29) is 11.9 Å². The molecule has 4 nitrogen and oxygen atoms in total. The van der Waals surface area contributed by atoms with Crippen molar-refractivity contribution in [3.63, 3.8) is 0 Å². The third-order valence-electron chi connectivity index (χ3n) is 2.92. The highest BCUT2D eigenvalue weighted by molar-refractivity contribution is 5.19. The van der Waals surface area contributed by atoms with Crippen LogP contribution in [-0.2, 0) is 6.42 Å². The number of aromatic nitrogens is 2.